The van der Waals surface area contributed by atoms with E-state index in [1.807, 2.05) is 68.3 Å². The molecule has 0 amide bonds. The van der Waals surface area contributed by atoms with Crippen molar-refractivity contribution in [2.75, 3.05) is 7.05 Å². The molecule has 0 aliphatic carbocycles. The summed E-state index contributed by atoms with van der Waals surface area (Å²) >= 11 is 0. The molecule has 4 nitrogen and oxygen atoms in total. The van der Waals surface area contributed by atoms with Gasteiger partial charge < -0.3 is 4.74 Å². The Balaban J connectivity index is 1.97. The summed E-state index contributed by atoms with van der Waals surface area (Å²) in [7, 11) is 1.95. The van der Waals surface area contributed by atoms with E-state index in [0.717, 1.165) is 11.1 Å². The molecule has 4 heteroatoms. The Morgan fingerprint density at radius 2 is 1.74 bits per heavy atom. The SMILES string of the molecule is CC(C)C(C(=O)OCc1ccccc1)N(C)Cc1ccncc1. The van der Waals surface area contributed by atoms with Gasteiger partial charge in [0.15, 0.2) is 0 Å². The largest absolute Gasteiger partial charge is 0.460 e. The number of aromatic nitrogens is 1. The average Bonchev–Trinajstić information content (AvgIpc) is 2.54. The van der Waals surface area contributed by atoms with E-state index in [1.54, 1.807) is 12.4 Å². The van der Waals surface area contributed by atoms with Crippen LogP contribution in [0.5, 0.6) is 0 Å². The molecule has 0 radical (unpaired) electrons. The van der Waals surface area contributed by atoms with Crippen molar-refractivity contribution in [2.24, 2.45) is 5.92 Å². The van der Waals surface area contributed by atoms with Crippen LogP contribution in [0.2, 0.25) is 0 Å². The lowest BCUT2D eigenvalue weighted by atomic mass is 10.0. The Kier molecular flexibility index (Phi) is 6.29. The lowest BCUT2D eigenvalue weighted by Crippen LogP contribution is -2.43. The third-order valence-corrected chi connectivity index (χ3v) is 3.75. The molecule has 0 spiro atoms. The minimum atomic E-state index is -0.271. The number of benzene rings is 1. The number of hydrogen-bond donors (Lipinski definition) is 0. The van der Waals surface area contributed by atoms with E-state index in [0.29, 0.717) is 13.2 Å². The van der Waals surface area contributed by atoms with Gasteiger partial charge in [0.2, 0.25) is 0 Å². The number of carbonyl (C=O) groups excluding carboxylic acids is 1. The van der Waals surface area contributed by atoms with Gasteiger partial charge in [0, 0.05) is 18.9 Å². The quantitative estimate of drug-likeness (QED) is 0.736. The minimum absolute atomic E-state index is 0.171. The van der Waals surface area contributed by atoms with E-state index in [2.05, 4.69) is 4.98 Å². The fraction of sp³-hybridized carbons (Fsp3) is 0.368. The summed E-state index contributed by atoms with van der Waals surface area (Å²) in [5, 5.41) is 0. The summed E-state index contributed by atoms with van der Waals surface area (Å²) in [6.07, 6.45) is 3.53. The topological polar surface area (TPSA) is 42.4 Å². The molecule has 1 atom stereocenters. The normalized spacial score (nSPS) is 12.4. The molecule has 1 heterocycles. The summed E-state index contributed by atoms with van der Waals surface area (Å²) in [6, 6.07) is 13.4. The van der Waals surface area contributed by atoms with Crippen molar-refractivity contribution in [3.8, 4) is 0 Å². The number of carbonyl (C=O) groups is 1. The van der Waals surface area contributed by atoms with Crippen LogP contribution in [0.1, 0.15) is 25.0 Å². The molecule has 0 aliphatic rings. The molecule has 1 aromatic heterocycles. The second-order valence-electron chi connectivity index (χ2n) is 6.05. The molecule has 1 aromatic carbocycles. The highest BCUT2D eigenvalue weighted by atomic mass is 16.5. The average molecular weight is 312 g/mol. The first-order chi connectivity index (χ1) is 11.1. The molecule has 0 saturated heterocycles. The molecule has 1 unspecified atom stereocenters. The van der Waals surface area contributed by atoms with Crippen LogP contribution >= 0.6 is 0 Å². The summed E-state index contributed by atoms with van der Waals surface area (Å²) in [5.74, 6) is -0.00878. The lowest BCUT2D eigenvalue weighted by Gasteiger charge is -2.29. The number of hydrogen-bond acceptors (Lipinski definition) is 4. The van der Waals surface area contributed by atoms with Crippen LogP contribution < -0.4 is 0 Å². The first-order valence-electron chi connectivity index (χ1n) is 7.87. The van der Waals surface area contributed by atoms with Gasteiger partial charge in [-0.25, -0.2) is 0 Å². The van der Waals surface area contributed by atoms with Crippen molar-refractivity contribution in [1.29, 1.82) is 0 Å². The number of esters is 1. The Hall–Kier alpha value is -2.20. The highest BCUT2D eigenvalue weighted by Crippen LogP contribution is 2.15. The number of nitrogens with zero attached hydrogens (tertiary/aromatic N) is 2. The van der Waals surface area contributed by atoms with Gasteiger partial charge in [0.1, 0.15) is 12.6 Å². The predicted molar refractivity (Wildman–Crippen MR) is 90.6 cm³/mol. The lowest BCUT2D eigenvalue weighted by molar-refractivity contribution is -0.153. The third kappa shape index (κ3) is 5.18. The van der Waals surface area contributed by atoms with Crippen LogP contribution in [0.25, 0.3) is 0 Å². The third-order valence-electron chi connectivity index (χ3n) is 3.75. The van der Waals surface area contributed by atoms with Crippen molar-refractivity contribution >= 4 is 5.97 Å². The number of rotatable bonds is 7. The van der Waals surface area contributed by atoms with Gasteiger partial charge in [-0.1, -0.05) is 44.2 Å². The standard InChI is InChI=1S/C19H24N2O2/c1-15(2)18(21(3)13-16-9-11-20-12-10-16)19(22)23-14-17-7-5-4-6-8-17/h4-12,15,18H,13-14H2,1-3H3. The molecule has 0 saturated carbocycles. The van der Waals surface area contributed by atoms with Gasteiger partial charge >= 0.3 is 5.97 Å². The Morgan fingerprint density at radius 3 is 2.35 bits per heavy atom. The molecular weight excluding hydrogens is 288 g/mol. The molecule has 0 bridgehead atoms. The summed E-state index contributed by atoms with van der Waals surface area (Å²) in [4.78, 5) is 18.6. The zero-order valence-corrected chi connectivity index (χ0v) is 14.0. The van der Waals surface area contributed by atoms with Crippen LogP contribution in [0, 0.1) is 5.92 Å². The second-order valence-corrected chi connectivity index (χ2v) is 6.05. The van der Waals surface area contributed by atoms with E-state index >= 15 is 0 Å². The van der Waals surface area contributed by atoms with Crippen molar-refractivity contribution in [3.05, 3.63) is 66.0 Å². The first-order valence-corrected chi connectivity index (χ1v) is 7.87. The monoisotopic (exact) mass is 312 g/mol. The van der Waals surface area contributed by atoms with Gasteiger partial charge in [0.25, 0.3) is 0 Å². The second kappa shape index (κ2) is 8.44. The van der Waals surface area contributed by atoms with Crippen molar-refractivity contribution in [1.82, 2.24) is 9.88 Å². The highest BCUT2D eigenvalue weighted by Gasteiger charge is 2.28. The van der Waals surface area contributed by atoms with E-state index in [-0.39, 0.29) is 17.9 Å². The molecule has 122 valence electrons. The molecule has 2 rings (SSSR count). The molecule has 0 aliphatic heterocycles. The first kappa shape index (κ1) is 17.2. The van der Waals surface area contributed by atoms with Gasteiger partial charge in [-0.15, -0.1) is 0 Å². The predicted octanol–water partition coefficient (Wildman–Crippen LogP) is 3.28. The van der Waals surface area contributed by atoms with Crippen LogP contribution in [0.15, 0.2) is 54.9 Å². The smallest absolute Gasteiger partial charge is 0.323 e. The summed E-state index contributed by atoms with van der Waals surface area (Å²) in [5.41, 5.74) is 2.13. The summed E-state index contributed by atoms with van der Waals surface area (Å²) in [6.45, 7) is 5.08. The maximum absolute atomic E-state index is 12.5. The fourth-order valence-electron chi connectivity index (χ4n) is 2.65. The Morgan fingerprint density at radius 1 is 1.09 bits per heavy atom. The number of pyridine rings is 1. The van der Waals surface area contributed by atoms with E-state index in [1.165, 1.54) is 0 Å². The Bertz CT molecular complexity index is 599. The van der Waals surface area contributed by atoms with Gasteiger partial charge in [-0.2, -0.15) is 0 Å². The van der Waals surface area contributed by atoms with Gasteiger partial charge in [-0.05, 0) is 36.2 Å². The molecule has 0 N–H and O–H groups in total. The highest BCUT2D eigenvalue weighted by molar-refractivity contribution is 5.76. The molecule has 2 aromatic rings. The zero-order chi connectivity index (χ0) is 16.7. The van der Waals surface area contributed by atoms with Crippen molar-refractivity contribution < 1.29 is 9.53 Å². The van der Waals surface area contributed by atoms with E-state index < -0.39 is 0 Å². The van der Waals surface area contributed by atoms with Gasteiger partial charge in [0.05, 0.1) is 0 Å². The molecular formula is C19H24N2O2. The van der Waals surface area contributed by atoms with Crippen LogP contribution in [-0.4, -0.2) is 28.9 Å². The van der Waals surface area contributed by atoms with Crippen molar-refractivity contribution in [2.45, 2.75) is 33.0 Å². The summed E-state index contributed by atoms with van der Waals surface area (Å²) < 4.78 is 5.52. The minimum Gasteiger partial charge on any atom is -0.460 e. The Labute approximate surface area is 138 Å². The van der Waals surface area contributed by atoms with E-state index in [9.17, 15) is 4.79 Å². The number of ether oxygens (including phenoxy) is 1. The maximum Gasteiger partial charge on any atom is 0.323 e. The maximum atomic E-state index is 12.5. The van der Waals surface area contributed by atoms with Crippen LogP contribution in [0.3, 0.4) is 0 Å². The molecule has 23 heavy (non-hydrogen) atoms. The fourth-order valence-corrected chi connectivity index (χ4v) is 2.65. The van der Waals surface area contributed by atoms with Crippen molar-refractivity contribution in [3.63, 3.8) is 0 Å². The van der Waals surface area contributed by atoms with E-state index in [4.69, 9.17) is 4.74 Å². The molecule has 0 fully saturated rings. The van der Waals surface area contributed by atoms with Crippen LogP contribution in [-0.2, 0) is 22.7 Å². The van der Waals surface area contributed by atoms with Crippen LogP contribution in [0.4, 0.5) is 0 Å². The number of likely N-dealkylation sites (N-methyl/N-ethyl adjacent to an activating group) is 1. The van der Waals surface area contributed by atoms with Gasteiger partial charge in [-0.3, -0.25) is 14.7 Å². The zero-order valence-electron chi connectivity index (χ0n) is 14.0.